The number of methoxy groups -OCH3 is 1. The molecule has 3 atom stereocenters. The zero-order valence-electron chi connectivity index (χ0n) is 30.4. The lowest BCUT2D eigenvalue weighted by Crippen LogP contribution is -2.53. The van der Waals surface area contributed by atoms with Crippen LogP contribution in [0.4, 0.5) is 0 Å². The lowest BCUT2D eigenvalue weighted by molar-refractivity contribution is -0.145. The molecule has 2 aliphatic rings. The van der Waals surface area contributed by atoms with Gasteiger partial charge in [-0.05, 0) is 107 Å². The summed E-state index contributed by atoms with van der Waals surface area (Å²) in [4.78, 5) is 26.3. The van der Waals surface area contributed by atoms with Gasteiger partial charge in [0.15, 0.2) is 17.6 Å². The Morgan fingerprint density at radius 1 is 0.870 bits per heavy atom. The molecule has 9 nitrogen and oxygen atoms in total. The first kappa shape index (κ1) is 37.9. The first-order valence-electron chi connectivity index (χ1n) is 17.7. The Kier molecular flexibility index (Phi) is 11.9. The van der Waals surface area contributed by atoms with Gasteiger partial charge in [-0.15, -0.1) is 12.4 Å². The highest BCUT2D eigenvalue weighted by Crippen LogP contribution is 2.40. The summed E-state index contributed by atoms with van der Waals surface area (Å²) in [6.45, 7) is 5.52. The molecule has 1 amide bonds. The van der Waals surface area contributed by atoms with Gasteiger partial charge in [0, 0.05) is 13.0 Å². The van der Waals surface area contributed by atoms with Crippen LogP contribution < -0.4 is 24.8 Å². The summed E-state index contributed by atoms with van der Waals surface area (Å²) in [5, 5.41) is 15.3. The predicted molar refractivity (Wildman–Crippen MR) is 208 cm³/mol. The van der Waals surface area contributed by atoms with E-state index in [0.29, 0.717) is 43.2 Å². The van der Waals surface area contributed by atoms with Crippen LogP contribution in [-0.2, 0) is 40.3 Å². The van der Waals surface area contributed by atoms with Gasteiger partial charge in [0.25, 0.3) is 0 Å². The molecule has 0 aromatic heterocycles. The molecule has 5 aromatic carbocycles. The second kappa shape index (κ2) is 16.9. The third kappa shape index (κ3) is 8.69. The number of hydrogen-bond donors (Lipinski definition) is 2. The number of amides is 1. The zero-order chi connectivity index (χ0) is 36.9. The van der Waals surface area contributed by atoms with E-state index in [9.17, 15) is 9.59 Å². The first-order chi connectivity index (χ1) is 25.8. The molecule has 7 rings (SSSR count). The Hall–Kier alpha value is -5.82. The molecule has 2 aliphatic heterocycles. The smallest absolute Gasteiger partial charge is 0.328 e. The number of carbonyl (C=O) groups is 2. The summed E-state index contributed by atoms with van der Waals surface area (Å²) in [5.41, 5.74) is 10.1. The van der Waals surface area contributed by atoms with Crippen LogP contribution in [0, 0.1) is 25.2 Å². The van der Waals surface area contributed by atoms with Gasteiger partial charge >= 0.3 is 5.97 Å². The second-order valence-corrected chi connectivity index (χ2v) is 13.6. The minimum Gasteiger partial charge on any atom is -0.489 e. The fourth-order valence-corrected chi connectivity index (χ4v) is 6.68. The van der Waals surface area contributed by atoms with Gasteiger partial charge in [-0.25, -0.2) is 4.79 Å². The number of nitriles is 1. The number of rotatable bonds is 10. The number of carbonyl (C=O) groups excluding carboxylic acids is 2. The molecule has 1 unspecified atom stereocenters. The van der Waals surface area contributed by atoms with Crippen molar-refractivity contribution in [2.24, 2.45) is 0 Å². The van der Waals surface area contributed by atoms with E-state index in [1.165, 1.54) is 18.2 Å². The van der Waals surface area contributed by atoms with E-state index < -0.39 is 18.1 Å². The van der Waals surface area contributed by atoms with E-state index in [0.717, 1.165) is 44.7 Å². The first-order valence-corrected chi connectivity index (χ1v) is 17.7. The largest absolute Gasteiger partial charge is 0.489 e. The van der Waals surface area contributed by atoms with E-state index in [-0.39, 0.29) is 30.8 Å². The van der Waals surface area contributed by atoms with Crippen molar-refractivity contribution >= 4 is 24.3 Å². The van der Waals surface area contributed by atoms with Crippen molar-refractivity contribution < 1.29 is 28.5 Å². The maximum Gasteiger partial charge on any atom is 0.328 e. The molecule has 2 N–H and O–H groups in total. The number of ether oxygens (including phenoxy) is 4. The number of nitrogens with one attached hydrogen (secondary N) is 2. The molecule has 0 spiro atoms. The molecule has 10 heteroatoms. The molecule has 0 saturated carbocycles. The highest BCUT2D eigenvalue weighted by atomic mass is 35.5. The molecule has 0 radical (unpaired) electrons. The van der Waals surface area contributed by atoms with Gasteiger partial charge in [-0.1, -0.05) is 66.7 Å². The third-order valence-electron chi connectivity index (χ3n) is 9.98. The van der Waals surface area contributed by atoms with Crippen molar-refractivity contribution in [3.8, 4) is 34.4 Å². The van der Waals surface area contributed by atoms with Crippen molar-refractivity contribution in [3.63, 3.8) is 0 Å². The SMILES string of the molecule is COC(=O)[C@H](Cc1ccc(-c2ccc(C#N)cc2)cc1)NC(=O)[C@@H]1Cc2cc3c(cc2CN1)OC(c1ccc(OCc2ccc(C)c(C)c2)cc1)CO3.Cl. The summed E-state index contributed by atoms with van der Waals surface area (Å²) < 4.78 is 23.7. The van der Waals surface area contributed by atoms with E-state index in [1.807, 2.05) is 72.8 Å². The minimum atomic E-state index is -0.855. The molecule has 0 fully saturated rings. The van der Waals surface area contributed by atoms with Crippen LogP contribution in [0.3, 0.4) is 0 Å². The van der Waals surface area contributed by atoms with E-state index in [4.69, 9.17) is 24.2 Å². The van der Waals surface area contributed by atoms with Crippen molar-refractivity contribution in [1.82, 2.24) is 10.6 Å². The standard InChI is InChI=1S/C44H41N3O6.ClH/c1-27-4-5-31(18-28(27)2)25-51-37-16-14-34(15-17-37)42-26-52-40-21-35-20-38(46-24-36(35)22-41(40)53-42)43(48)47-39(44(49)50-3)19-29-6-10-32(11-7-29)33-12-8-30(23-45)9-13-33;/h4-18,21-22,38-39,42,46H,19-20,24-26H2,1-3H3,(H,47,48);1H/t38-,39-,42?;/m0./s1. The Bertz CT molecular complexity index is 2160. The van der Waals surface area contributed by atoms with Gasteiger partial charge in [-0.3, -0.25) is 4.79 Å². The van der Waals surface area contributed by atoms with Crippen LogP contribution in [0.1, 0.15) is 50.6 Å². The molecule has 0 saturated heterocycles. The van der Waals surface area contributed by atoms with E-state index >= 15 is 0 Å². The van der Waals surface area contributed by atoms with Crippen LogP contribution in [0.15, 0.2) is 103 Å². The lowest BCUT2D eigenvalue weighted by Gasteiger charge is -2.31. The number of halogens is 1. The average Bonchev–Trinajstić information content (AvgIpc) is 3.20. The maximum absolute atomic E-state index is 13.5. The molecule has 2 heterocycles. The highest BCUT2D eigenvalue weighted by molar-refractivity contribution is 5.88. The van der Waals surface area contributed by atoms with Gasteiger partial charge in [0.1, 0.15) is 25.0 Å². The number of hydrogen-bond acceptors (Lipinski definition) is 8. The summed E-state index contributed by atoms with van der Waals surface area (Å²) in [6, 6.07) is 34.1. The van der Waals surface area contributed by atoms with Crippen LogP contribution in [0.2, 0.25) is 0 Å². The van der Waals surface area contributed by atoms with E-state index in [1.54, 1.807) is 12.1 Å². The lowest BCUT2D eigenvalue weighted by atomic mass is 9.94. The molecular weight excluding hydrogens is 702 g/mol. The van der Waals surface area contributed by atoms with Crippen LogP contribution in [0.5, 0.6) is 17.2 Å². The fourth-order valence-electron chi connectivity index (χ4n) is 6.68. The Labute approximate surface area is 321 Å². The molecule has 0 aliphatic carbocycles. The van der Waals surface area contributed by atoms with Gasteiger partial charge in [-0.2, -0.15) is 5.26 Å². The van der Waals surface area contributed by atoms with Crippen molar-refractivity contribution in [1.29, 1.82) is 5.26 Å². The zero-order valence-corrected chi connectivity index (χ0v) is 31.2. The van der Waals surface area contributed by atoms with Crippen LogP contribution >= 0.6 is 12.4 Å². The topological polar surface area (TPSA) is 119 Å². The monoisotopic (exact) mass is 743 g/mol. The molecule has 276 valence electrons. The summed E-state index contributed by atoms with van der Waals surface area (Å²) >= 11 is 0. The number of benzene rings is 5. The highest BCUT2D eigenvalue weighted by Gasteiger charge is 2.31. The number of aryl methyl sites for hydroxylation is 2. The van der Waals surface area contributed by atoms with Crippen LogP contribution in [-0.4, -0.2) is 37.7 Å². The number of esters is 1. The van der Waals surface area contributed by atoms with Crippen LogP contribution in [0.25, 0.3) is 11.1 Å². The minimum absolute atomic E-state index is 0. The Morgan fingerprint density at radius 2 is 1.56 bits per heavy atom. The summed E-state index contributed by atoms with van der Waals surface area (Å²) in [6.07, 6.45) is 0.433. The second-order valence-electron chi connectivity index (χ2n) is 13.6. The van der Waals surface area contributed by atoms with Gasteiger partial charge in [0.05, 0.1) is 24.8 Å². The predicted octanol–water partition coefficient (Wildman–Crippen LogP) is 7.27. The van der Waals surface area contributed by atoms with Crippen molar-refractivity contribution in [2.75, 3.05) is 13.7 Å². The van der Waals surface area contributed by atoms with Gasteiger partial charge in [0.2, 0.25) is 5.91 Å². The number of fused-ring (bicyclic) bond motifs is 2. The summed E-state index contributed by atoms with van der Waals surface area (Å²) in [5.74, 6) is 1.30. The molecule has 0 bridgehead atoms. The fraction of sp³-hybridized carbons (Fsp3) is 0.250. The van der Waals surface area contributed by atoms with Crippen molar-refractivity contribution in [2.45, 2.75) is 58.0 Å². The maximum atomic E-state index is 13.5. The number of nitrogens with zero attached hydrogens (tertiary/aromatic N) is 1. The summed E-state index contributed by atoms with van der Waals surface area (Å²) in [7, 11) is 1.32. The molecule has 54 heavy (non-hydrogen) atoms. The Morgan fingerprint density at radius 3 is 2.24 bits per heavy atom. The normalized spacial score (nSPS) is 16.1. The quantitative estimate of drug-likeness (QED) is 0.144. The Balaban J connectivity index is 0.00000497. The molecular formula is C44H42ClN3O6. The molecule has 5 aromatic rings. The van der Waals surface area contributed by atoms with E-state index in [2.05, 4.69) is 48.7 Å². The van der Waals surface area contributed by atoms with Crippen molar-refractivity contribution in [3.05, 3.63) is 148 Å². The third-order valence-corrected chi connectivity index (χ3v) is 9.98. The average molecular weight is 744 g/mol. The van der Waals surface area contributed by atoms with Gasteiger partial charge < -0.3 is 29.6 Å².